The lowest BCUT2D eigenvalue weighted by molar-refractivity contribution is 0.0529. The predicted molar refractivity (Wildman–Crippen MR) is 105 cm³/mol. The molecule has 0 spiro atoms. The van der Waals surface area contributed by atoms with Crippen LogP contribution in [0.1, 0.15) is 32.5 Å². The summed E-state index contributed by atoms with van der Waals surface area (Å²) < 4.78 is 45.7. The molecule has 0 atom stereocenters. The molecular weight excluding hydrogens is 403 g/mol. The van der Waals surface area contributed by atoms with Gasteiger partial charge in [0, 0.05) is 10.4 Å². The van der Waals surface area contributed by atoms with Crippen LogP contribution in [0.25, 0.3) is 11.1 Å². The quantitative estimate of drug-likeness (QED) is 0.435. The van der Waals surface area contributed by atoms with E-state index in [1.807, 2.05) is 6.07 Å². The van der Waals surface area contributed by atoms with Crippen molar-refractivity contribution in [3.05, 3.63) is 75.9 Å². The number of amides is 1. The lowest BCUT2D eigenvalue weighted by Crippen LogP contribution is -2.17. The van der Waals surface area contributed by atoms with E-state index in [0.29, 0.717) is 11.6 Å². The average Bonchev–Trinajstić information content (AvgIpc) is 3.02. The number of hydrogen-bond donors (Lipinski definition) is 1. The number of thiophene rings is 1. The van der Waals surface area contributed by atoms with Crippen LogP contribution in [0.3, 0.4) is 0 Å². The van der Waals surface area contributed by atoms with E-state index in [4.69, 9.17) is 4.74 Å². The Bertz CT molecular complexity index is 1080. The van der Waals surface area contributed by atoms with Gasteiger partial charge in [-0.15, -0.1) is 11.3 Å². The second kappa shape index (κ2) is 8.48. The van der Waals surface area contributed by atoms with Gasteiger partial charge < -0.3 is 10.1 Å². The first-order chi connectivity index (χ1) is 13.8. The van der Waals surface area contributed by atoms with Crippen molar-refractivity contribution in [2.45, 2.75) is 13.8 Å². The zero-order valence-electron chi connectivity index (χ0n) is 15.5. The van der Waals surface area contributed by atoms with Gasteiger partial charge in [-0.25, -0.2) is 18.0 Å². The summed E-state index contributed by atoms with van der Waals surface area (Å²) >= 11 is 1.10. The highest BCUT2D eigenvalue weighted by molar-refractivity contribution is 7.17. The van der Waals surface area contributed by atoms with E-state index in [2.05, 4.69) is 5.32 Å². The Kier molecular flexibility index (Phi) is 6.03. The fourth-order valence-electron chi connectivity index (χ4n) is 2.85. The molecule has 8 heteroatoms. The molecule has 29 heavy (non-hydrogen) atoms. The topological polar surface area (TPSA) is 55.4 Å². The maximum Gasteiger partial charge on any atom is 0.341 e. The van der Waals surface area contributed by atoms with Gasteiger partial charge in [-0.3, -0.25) is 4.79 Å². The van der Waals surface area contributed by atoms with E-state index >= 15 is 0 Å². The number of hydrogen-bond acceptors (Lipinski definition) is 4. The average molecular weight is 419 g/mol. The third kappa shape index (κ3) is 4.02. The first-order valence-corrected chi connectivity index (χ1v) is 9.47. The lowest BCUT2D eigenvalue weighted by Gasteiger charge is -2.10. The number of carbonyl (C=O) groups excluding carboxylic acids is 2. The second-order valence-corrected chi connectivity index (χ2v) is 7.23. The summed E-state index contributed by atoms with van der Waals surface area (Å²) in [5.41, 5.74) is 0.766. The molecule has 0 unspecified atom stereocenters. The molecule has 0 aliphatic heterocycles. The van der Waals surface area contributed by atoms with E-state index in [9.17, 15) is 22.8 Å². The second-order valence-electron chi connectivity index (χ2n) is 6.00. The Morgan fingerprint density at radius 3 is 2.38 bits per heavy atom. The summed E-state index contributed by atoms with van der Waals surface area (Å²) in [5, 5.41) is 2.57. The molecule has 1 amide bonds. The largest absolute Gasteiger partial charge is 0.462 e. The van der Waals surface area contributed by atoms with Crippen LogP contribution in [-0.2, 0) is 4.74 Å². The van der Waals surface area contributed by atoms with Gasteiger partial charge in [0.25, 0.3) is 5.91 Å². The molecule has 150 valence electrons. The van der Waals surface area contributed by atoms with Crippen molar-refractivity contribution in [3.63, 3.8) is 0 Å². The first-order valence-electron chi connectivity index (χ1n) is 8.65. The summed E-state index contributed by atoms with van der Waals surface area (Å²) in [6, 6.07) is 10.5. The van der Waals surface area contributed by atoms with Crippen LogP contribution in [0.4, 0.5) is 18.2 Å². The third-order valence-electron chi connectivity index (χ3n) is 4.13. The van der Waals surface area contributed by atoms with Crippen LogP contribution in [-0.4, -0.2) is 18.5 Å². The maximum absolute atomic E-state index is 14.0. The molecule has 0 aliphatic rings. The molecule has 0 saturated heterocycles. The molecular formula is C21H16F3NO3S. The summed E-state index contributed by atoms with van der Waals surface area (Å²) in [5.74, 6) is -6.40. The Morgan fingerprint density at radius 1 is 1.03 bits per heavy atom. The van der Waals surface area contributed by atoms with E-state index in [1.54, 1.807) is 38.1 Å². The summed E-state index contributed by atoms with van der Waals surface area (Å²) in [4.78, 5) is 25.8. The Morgan fingerprint density at radius 2 is 1.72 bits per heavy atom. The van der Waals surface area contributed by atoms with E-state index in [-0.39, 0.29) is 17.2 Å². The van der Waals surface area contributed by atoms with Crippen molar-refractivity contribution in [2.75, 3.05) is 11.9 Å². The van der Waals surface area contributed by atoms with Gasteiger partial charge in [-0.05, 0) is 31.5 Å². The van der Waals surface area contributed by atoms with Gasteiger partial charge in [-0.2, -0.15) is 0 Å². The minimum Gasteiger partial charge on any atom is -0.462 e. The van der Waals surface area contributed by atoms with Crippen molar-refractivity contribution in [1.29, 1.82) is 0 Å². The van der Waals surface area contributed by atoms with Crippen LogP contribution >= 0.6 is 11.3 Å². The van der Waals surface area contributed by atoms with Gasteiger partial charge in [0.15, 0.2) is 17.5 Å². The van der Waals surface area contributed by atoms with Crippen molar-refractivity contribution >= 4 is 28.2 Å². The molecule has 0 radical (unpaired) electrons. The van der Waals surface area contributed by atoms with Gasteiger partial charge >= 0.3 is 5.97 Å². The fraction of sp³-hybridized carbons (Fsp3) is 0.143. The number of nitrogens with one attached hydrogen (secondary N) is 1. The van der Waals surface area contributed by atoms with Crippen molar-refractivity contribution < 1.29 is 27.5 Å². The number of esters is 1. The SMILES string of the molecule is CCOC(=O)c1c(NC(=O)c2ccc(F)c(F)c2F)sc(C)c1-c1ccccc1. The molecule has 0 aliphatic carbocycles. The standard InChI is InChI=1S/C21H16F3NO3S/c1-3-28-21(27)16-15(12-7-5-4-6-8-12)11(2)29-20(16)25-19(26)13-9-10-14(22)18(24)17(13)23/h4-10H,3H2,1-2H3,(H,25,26). The monoisotopic (exact) mass is 419 g/mol. The molecule has 2 aromatic carbocycles. The Balaban J connectivity index is 2.07. The molecule has 1 aromatic heterocycles. The summed E-state index contributed by atoms with van der Waals surface area (Å²) in [7, 11) is 0. The minimum atomic E-state index is -1.74. The summed E-state index contributed by atoms with van der Waals surface area (Å²) in [6.07, 6.45) is 0. The fourth-order valence-corrected chi connectivity index (χ4v) is 3.91. The predicted octanol–water partition coefficient (Wildman–Crippen LogP) is 5.57. The molecule has 0 bridgehead atoms. The number of carbonyl (C=O) groups is 2. The Hall–Kier alpha value is -3.13. The zero-order valence-corrected chi connectivity index (χ0v) is 16.3. The van der Waals surface area contributed by atoms with Crippen LogP contribution < -0.4 is 5.32 Å². The molecule has 3 aromatic rings. The molecule has 0 fully saturated rings. The van der Waals surface area contributed by atoms with E-state index < -0.39 is 34.9 Å². The van der Waals surface area contributed by atoms with E-state index in [0.717, 1.165) is 27.8 Å². The normalized spacial score (nSPS) is 10.7. The van der Waals surface area contributed by atoms with E-state index in [1.165, 1.54) is 0 Å². The Labute approximate surface area is 168 Å². The highest BCUT2D eigenvalue weighted by Gasteiger charge is 2.27. The number of ether oxygens (including phenoxy) is 1. The molecule has 4 nitrogen and oxygen atoms in total. The lowest BCUT2D eigenvalue weighted by atomic mass is 10.0. The van der Waals surface area contributed by atoms with Gasteiger partial charge in [0.1, 0.15) is 10.6 Å². The highest BCUT2D eigenvalue weighted by Crippen LogP contribution is 2.40. The number of benzene rings is 2. The van der Waals surface area contributed by atoms with Crippen molar-refractivity contribution in [2.24, 2.45) is 0 Å². The first kappa shape index (κ1) is 20.6. The van der Waals surface area contributed by atoms with Gasteiger partial charge in [-0.1, -0.05) is 30.3 Å². The van der Waals surface area contributed by atoms with Crippen LogP contribution in [0.5, 0.6) is 0 Å². The zero-order chi connectivity index (χ0) is 21.1. The van der Waals surface area contributed by atoms with Crippen molar-refractivity contribution in [3.8, 4) is 11.1 Å². The number of aryl methyl sites for hydroxylation is 1. The van der Waals surface area contributed by atoms with Gasteiger partial charge in [0.2, 0.25) is 0 Å². The molecule has 1 N–H and O–H groups in total. The van der Waals surface area contributed by atoms with Crippen LogP contribution in [0.15, 0.2) is 42.5 Å². The molecule has 1 heterocycles. The smallest absolute Gasteiger partial charge is 0.341 e. The molecule has 3 rings (SSSR count). The van der Waals surface area contributed by atoms with Gasteiger partial charge in [0.05, 0.1) is 12.2 Å². The minimum absolute atomic E-state index is 0.118. The molecule has 0 saturated carbocycles. The maximum atomic E-state index is 14.0. The van der Waals surface area contributed by atoms with Crippen LogP contribution in [0.2, 0.25) is 0 Å². The number of anilines is 1. The number of rotatable bonds is 5. The number of halogens is 3. The summed E-state index contributed by atoms with van der Waals surface area (Å²) in [6.45, 7) is 3.53. The van der Waals surface area contributed by atoms with Crippen molar-refractivity contribution in [1.82, 2.24) is 0 Å². The third-order valence-corrected chi connectivity index (χ3v) is 5.15. The van der Waals surface area contributed by atoms with Crippen LogP contribution in [0, 0.1) is 24.4 Å². The highest BCUT2D eigenvalue weighted by atomic mass is 32.1.